The molecule has 0 spiro atoms. The summed E-state index contributed by atoms with van der Waals surface area (Å²) in [6.07, 6.45) is 0. The third kappa shape index (κ3) is 2.59. The highest BCUT2D eigenvalue weighted by Crippen LogP contribution is 2.24. The molecule has 0 bridgehead atoms. The van der Waals surface area contributed by atoms with Gasteiger partial charge in [-0.05, 0) is 26.0 Å². The molecule has 0 amide bonds. The second-order valence-electron chi connectivity index (χ2n) is 4.41. The Morgan fingerprint density at radius 3 is 2.80 bits per heavy atom. The number of esters is 1. The molecule has 0 aliphatic rings. The number of nitrogen functional groups attached to an aromatic ring is 1. The van der Waals surface area contributed by atoms with Gasteiger partial charge < -0.3 is 20.3 Å². The Balaban J connectivity index is 2.20. The lowest BCUT2D eigenvalue weighted by Crippen LogP contribution is -2.09. The minimum Gasteiger partial charge on any atom is -0.465 e. The third-order valence-electron chi connectivity index (χ3n) is 3.15. The number of carbonyl (C=O) groups excluding carboxylic acids is 1. The number of aryl methyl sites for hydroxylation is 2. The van der Waals surface area contributed by atoms with E-state index in [0.717, 1.165) is 17.0 Å². The summed E-state index contributed by atoms with van der Waals surface area (Å²) >= 11 is 0. The maximum Gasteiger partial charge on any atom is 0.340 e. The monoisotopic (exact) mass is 275 g/mol. The van der Waals surface area contributed by atoms with Crippen LogP contribution in [0.25, 0.3) is 0 Å². The van der Waals surface area contributed by atoms with E-state index in [-0.39, 0.29) is 0 Å². The van der Waals surface area contributed by atoms with Crippen LogP contribution < -0.4 is 11.1 Å². The van der Waals surface area contributed by atoms with Gasteiger partial charge in [0.15, 0.2) is 0 Å². The van der Waals surface area contributed by atoms with Gasteiger partial charge in [-0.3, -0.25) is 0 Å². The molecule has 0 saturated heterocycles. The van der Waals surface area contributed by atoms with Crippen LogP contribution in [0.3, 0.4) is 0 Å². The molecule has 0 radical (unpaired) electrons. The number of carbonyl (C=O) groups is 1. The van der Waals surface area contributed by atoms with E-state index in [1.165, 1.54) is 7.11 Å². The van der Waals surface area contributed by atoms with Crippen LogP contribution in [-0.4, -0.2) is 18.2 Å². The molecule has 1 aromatic carbocycles. The van der Waals surface area contributed by atoms with Crippen LogP contribution in [0, 0.1) is 13.8 Å². The van der Waals surface area contributed by atoms with Gasteiger partial charge in [-0.15, -0.1) is 0 Å². The number of hydrogen-bond acceptors (Lipinski definition) is 6. The fourth-order valence-corrected chi connectivity index (χ4v) is 1.95. The summed E-state index contributed by atoms with van der Waals surface area (Å²) in [6.45, 7) is 4.25. The van der Waals surface area contributed by atoms with E-state index in [2.05, 4.69) is 15.2 Å². The van der Waals surface area contributed by atoms with E-state index in [9.17, 15) is 4.79 Å². The van der Waals surface area contributed by atoms with Crippen molar-refractivity contribution in [2.24, 2.45) is 0 Å². The smallest absolute Gasteiger partial charge is 0.340 e. The molecular formula is C14H17N3O3. The molecule has 0 fully saturated rings. The van der Waals surface area contributed by atoms with Crippen molar-refractivity contribution in [1.82, 2.24) is 5.16 Å². The third-order valence-corrected chi connectivity index (χ3v) is 3.15. The number of benzene rings is 1. The summed E-state index contributed by atoms with van der Waals surface area (Å²) in [5, 5.41) is 7.07. The zero-order valence-corrected chi connectivity index (χ0v) is 11.7. The molecule has 2 rings (SSSR count). The quantitative estimate of drug-likeness (QED) is 0.657. The van der Waals surface area contributed by atoms with Gasteiger partial charge in [0.2, 0.25) is 0 Å². The van der Waals surface area contributed by atoms with E-state index >= 15 is 0 Å². The molecule has 3 N–H and O–H groups in total. The van der Waals surface area contributed by atoms with E-state index < -0.39 is 5.97 Å². The lowest BCUT2D eigenvalue weighted by atomic mass is 10.1. The van der Waals surface area contributed by atoms with Gasteiger partial charge in [-0.1, -0.05) is 11.2 Å². The maximum absolute atomic E-state index is 11.6. The van der Waals surface area contributed by atoms with Gasteiger partial charge in [0, 0.05) is 12.1 Å². The molecule has 2 aromatic rings. The lowest BCUT2D eigenvalue weighted by molar-refractivity contribution is 0.0602. The van der Waals surface area contributed by atoms with Gasteiger partial charge in [0.05, 0.1) is 29.7 Å². The summed E-state index contributed by atoms with van der Waals surface area (Å²) in [7, 11) is 1.33. The predicted molar refractivity (Wildman–Crippen MR) is 75.5 cm³/mol. The molecule has 0 aliphatic carbocycles. The summed E-state index contributed by atoms with van der Waals surface area (Å²) in [6, 6.07) is 5.18. The van der Waals surface area contributed by atoms with Crippen LogP contribution in [-0.2, 0) is 11.3 Å². The Morgan fingerprint density at radius 2 is 2.20 bits per heavy atom. The van der Waals surface area contributed by atoms with Crippen molar-refractivity contribution in [3.05, 3.63) is 40.8 Å². The number of rotatable bonds is 4. The number of ether oxygens (including phenoxy) is 1. The van der Waals surface area contributed by atoms with Crippen LogP contribution in [0.15, 0.2) is 22.7 Å². The van der Waals surface area contributed by atoms with Gasteiger partial charge in [0.1, 0.15) is 5.76 Å². The first-order chi connectivity index (χ1) is 9.54. The van der Waals surface area contributed by atoms with Crippen molar-refractivity contribution in [2.45, 2.75) is 20.4 Å². The topological polar surface area (TPSA) is 90.4 Å². The molecule has 6 nitrogen and oxygen atoms in total. The summed E-state index contributed by atoms with van der Waals surface area (Å²) in [4.78, 5) is 11.6. The van der Waals surface area contributed by atoms with Crippen LogP contribution in [0.5, 0.6) is 0 Å². The molecule has 0 atom stereocenters. The largest absolute Gasteiger partial charge is 0.465 e. The van der Waals surface area contributed by atoms with Crippen LogP contribution in [0.1, 0.15) is 27.4 Å². The number of methoxy groups -OCH3 is 1. The number of para-hydroxylation sites is 1. The van der Waals surface area contributed by atoms with Crippen LogP contribution in [0.2, 0.25) is 0 Å². The molecule has 20 heavy (non-hydrogen) atoms. The zero-order valence-electron chi connectivity index (χ0n) is 11.7. The van der Waals surface area contributed by atoms with Crippen molar-refractivity contribution in [1.29, 1.82) is 0 Å². The number of aromatic nitrogens is 1. The Kier molecular flexibility index (Phi) is 3.93. The van der Waals surface area contributed by atoms with E-state index in [1.807, 2.05) is 13.8 Å². The molecule has 0 aliphatic heterocycles. The Hall–Kier alpha value is -2.50. The molecule has 0 saturated carbocycles. The van der Waals surface area contributed by atoms with E-state index in [1.54, 1.807) is 18.2 Å². The Bertz CT molecular complexity index is 615. The molecule has 1 heterocycles. The summed E-state index contributed by atoms with van der Waals surface area (Å²) in [5.74, 6) is 0.307. The number of nitrogens with zero attached hydrogens (tertiary/aromatic N) is 1. The van der Waals surface area contributed by atoms with Gasteiger partial charge in [-0.2, -0.15) is 0 Å². The molecule has 0 unspecified atom stereocenters. The minimum absolute atomic E-state index is 0.344. The van der Waals surface area contributed by atoms with Crippen LogP contribution in [0.4, 0.5) is 11.4 Å². The highest BCUT2D eigenvalue weighted by atomic mass is 16.5. The van der Waals surface area contributed by atoms with Gasteiger partial charge in [-0.25, -0.2) is 4.79 Å². The van der Waals surface area contributed by atoms with E-state index in [0.29, 0.717) is 23.5 Å². The Labute approximate surface area is 116 Å². The standard InChI is InChI=1S/C14H17N3O3/c1-8-11(9(2)20-17-8)7-16-12-6-4-5-10(13(12)15)14(18)19-3/h4-6,16H,7,15H2,1-3H3. The number of hydrogen-bond donors (Lipinski definition) is 2. The highest BCUT2D eigenvalue weighted by Gasteiger charge is 2.14. The SMILES string of the molecule is COC(=O)c1cccc(NCc2c(C)noc2C)c1N. The molecule has 6 heteroatoms. The minimum atomic E-state index is -0.455. The van der Waals surface area contributed by atoms with Crippen molar-refractivity contribution in [2.75, 3.05) is 18.2 Å². The first-order valence-corrected chi connectivity index (χ1v) is 6.17. The van der Waals surface area contributed by atoms with E-state index in [4.69, 9.17) is 10.3 Å². The van der Waals surface area contributed by atoms with Gasteiger partial charge >= 0.3 is 5.97 Å². The zero-order chi connectivity index (χ0) is 14.7. The predicted octanol–water partition coefficient (Wildman–Crippen LogP) is 2.27. The highest BCUT2D eigenvalue weighted by molar-refractivity contribution is 5.98. The maximum atomic E-state index is 11.6. The second kappa shape index (κ2) is 5.64. The summed E-state index contributed by atoms with van der Waals surface area (Å²) in [5.41, 5.74) is 9.17. The fourth-order valence-electron chi connectivity index (χ4n) is 1.95. The second-order valence-corrected chi connectivity index (χ2v) is 4.41. The normalized spacial score (nSPS) is 10.3. The lowest BCUT2D eigenvalue weighted by Gasteiger charge is -2.11. The first-order valence-electron chi connectivity index (χ1n) is 6.17. The van der Waals surface area contributed by atoms with Crippen molar-refractivity contribution >= 4 is 17.3 Å². The average molecular weight is 275 g/mol. The first kappa shape index (κ1) is 13.9. The van der Waals surface area contributed by atoms with Crippen molar-refractivity contribution in [3.8, 4) is 0 Å². The number of anilines is 2. The Morgan fingerprint density at radius 1 is 1.45 bits per heavy atom. The van der Waals surface area contributed by atoms with Crippen LogP contribution >= 0.6 is 0 Å². The molecule has 1 aromatic heterocycles. The summed E-state index contributed by atoms with van der Waals surface area (Å²) < 4.78 is 9.79. The molecule has 106 valence electrons. The van der Waals surface area contributed by atoms with Gasteiger partial charge in [0.25, 0.3) is 0 Å². The van der Waals surface area contributed by atoms with Crippen molar-refractivity contribution < 1.29 is 14.1 Å². The average Bonchev–Trinajstić information content (AvgIpc) is 2.76. The molecular weight excluding hydrogens is 258 g/mol. The fraction of sp³-hybridized carbons (Fsp3) is 0.286. The number of nitrogens with one attached hydrogen (secondary N) is 1. The van der Waals surface area contributed by atoms with Crippen molar-refractivity contribution in [3.63, 3.8) is 0 Å². The number of nitrogens with two attached hydrogens (primary N) is 1.